The average Bonchev–Trinajstić information content (AvgIpc) is 2.59. The fourth-order valence-corrected chi connectivity index (χ4v) is 2.66. The van der Waals surface area contributed by atoms with Gasteiger partial charge in [-0.25, -0.2) is 0 Å². The van der Waals surface area contributed by atoms with Crippen LogP contribution in [-0.2, 0) is 4.79 Å². The number of rotatable bonds is 1. The first-order valence-corrected chi connectivity index (χ1v) is 5.18. The van der Waals surface area contributed by atoms with Crippen molar-refractivity contribution in [2.75, 3.05) is 6.54 Å². The van der Waals surface area contributed by atoms with Gasteiger partial charge in [-0.1, -0.05) is 12.8 Å². The van der Waals surface area contributed by atoms with E-state index in [1.807, 2.05) is 4.90 Å². The van der Waals surface area contributed by atoms with E-state index in [9.17, 15) is 4.79 Å². The van der Waals surface area contributed by atoms with E-state index in [2.05, 4.69) is 6.92 Å². The first-order valence-electron chi connectivity index (χ1n) is 5.18. The highest BCUT2D eigenvalue weighted by Gasteiger charge is 2.41. The molecule has 1 aliphatic carbocycles. The van der Waals surface area contributed by atoms with Gasteiger partial charge in [0, 0.05) is 24.5 Å². The summed E-state index contributed by atoms with van der Waals surface area (Å²) in [4.78, 5) is 13.6. The molecule has 0 spiro atoms. The Labute approximate surface area is 79.3 Å². The molecule has 13 heavy (non-hydrogen) atoms. The predicted octanol–water partition coefficient (Wildman–Crippen LogP) is 0.879. The van der Waals surface area contributed by atoms with Gasteiger partial charge < -0.3 is 10.6 Å². The van der Waals surface area contributed by atoms with Crippen molar-refractivity contribution >= 4 is 5.91 Å². The molecule has 2 rings (SSSR count). The summed E-state index contributed by atoms with van der Waals surface area (Å²) in [6, 6.07) is 0.0740. The van der Waals surface area contributed by atoms with Gasteiger partial charge in [-0.05, 0) is 19.8 Å². The third kappa shape index (κ3) is 1.46. The van der Waals surface area contributed by atoms with Gasteiger partial charge in [0.1, 0.15) is 0 Å². The molecule has 3 heteroatoms. The minimum Gasteiger partial charge on any atom is -0.336 e. The Hall–Kier alpha value is -0.570. The van der Waals surface area contributed by atoms with E-state index in [1.165, 1.54) is 12.8 Å². The Balaban J connectivity index is 2.11. The van der Waals surface area contributed by atoms with Crippen molar-refractivity contribution in [3.8, 4) is 0 Å². The second-order valence-electron chi connectivity index (χ2n) is 4.67. The maximum absolute atomic E-state index is 11.6. The molecule has 2 fully saturated rings. The summed E-state index contributed by atoms with van der Waals surface area (Å²) in [5, 5.41) is 0. The first-order chi connectivity index (χ1) is 6.12. The molecule has 74 valence electrons. The van der Waals surface area contributed by atoms with Crippen molar-refractivity contribution in [3.63, 3.8) is 0 Å². The van der Waals surface area contributed by atoms with Gasteiger partial charge in [0.05, 0.1) is 0 Å². The van der Waals surface area contributed by atoms with Crippen molar-refractivity contribution in [2.24, 2.45) is 5.73 Å². The molecule has 1 heterocycles. The van der Waals surface area contributed by atoms with Crippen LogP contribution in [0.2, 0.25) is 0 Å². The van der Waals surface area contributed by atoms with Gasteiger partial charge in [0.2, 0.25) is 5.91 Å². The highest BCUT2D eigenvalue weighted by Crippen LogP contribution is 2.36. The second-order valence-corrected chi connectivity index (χ2v) is 4.67. The molecular formula is C10H18N2O. The lowest BCUT2D eigenvalue weighted by Crippen LogP contribution is -2.45. The van der Waals surface area contributed by atoms with Crippen LogP contribution in [0.4, 0.5) is 0 Å². The normalized spacial score (nSPS) is 32.9. The van der Waals surface area contributed by atoms with E-state index in [0.29, 0.717) is 6.42 Å². The lowest BCUT2D eigenvalue weighted by Gasteiger charge is -2.35. The summed E-state index contributed by atoms with van der Waals surface area (Å²) in [7, 11) is 0. The molecular weight excluding hydrogens is 164 g/mol. The summed E-state index contributed by atoms with van der Waals surface area (Å²) < 4.78 is 0. The Bertz CT molecular complexity index is 221. The largest absolute Gasteiger partial charge is 0.336 e. The molecule has 1 saturated heterocycles. The van der Waals surface area contributed by atoms with Gasteiger partial charge >= 0.3 is 0 Å². The van der Waals surface area contributed by atoms with Crippen LogP contribution in [0, 0.1) is 0 Å². The first kappa shape index (κ1) is 9.00. The van der Waals surface area contributed by atoms with Crippen LogP contribution in [0.15, 0.2) is 0 Å². The van der Waals surface area contributed by atoms with Crippen molar-refractivity contribution in [1.82, 2.24) is 4.90 Å². The zero-order valence-corrected chi connectivity index (χ0v) is 8.25. The molecule has 0 aromatic heterocycles. The van der Waals surface area contributed by atoms with Gasteiger partial charge in [0.25, 0.3) is 0 Å². The van der Waals surface area contributed by atoms with E-state index in [1.54, 1.807) is 0 Å². The third-order valence-corrected chi connectivity index (χ3v) is 3.49. The summed E-state index contributed by atoms with van der Waals surface area (Å²) in [5.74, 6) is 0.261. The van der Waals surface area contributed by atoms with E-state index >= 15 is 0 Å². The Kier molecular flexibility index (Phi) is 2.06. The quantitative estimate of drug-likeness (QED) is 0.654. The average molecular weight is 182 g/mol. The molecule has 1 atom stereocenters. The summed E-state index contributed by atoms with van der Waals surface area (Å²) in [6.07, 6.45) is 5.39. The number of hydrogen-bond donors (Lipinski definition) is 1. The number of likely N-dealkylation sites (tertiary alicyclic amines) is 1. The highest BCUT2D eigenvalue weighted by atomic mass is 16.2. The Morgan fingerprint density at radius 2 is 2.08 bits per heavy atom. The molecule has 1 saturated carbocycles. The monoisotopic (exact) mass is 182 g/mol. The molecule has 3 nitrogen and oxygen atoms in total. The molecule has 1 aliphatic heterocycles. The van der Waals surface area contributed by atoms with E-state index in [4.69, 9.17) is 5.73 Å². The van der Waals surface area contributed by atoms with E-state index < -0.39 is 0 Å². The van der Waals surface area contributed by atoms with E-state index in [-0.39, 0.29) is 17.5 Å². The van der Waals surface area contributed by atoms with E-state index in [0.717, 1.165) is 19.4 Å². The molecule has 1 unspecified atom stereocenters. The predicted molar refractivity (Wildman–Crippen MR) is 51.2 cm³/mol. The summed E-state index contributed by atoms with van der Waals surface area (Å²) in [5.41, 5.74) is 5.91. The maximum Gasteiger partial charge on any atom is 0.224 e. The molecule has 2 N–H and O–H groups in total. The minimum atomic E-state index is 0.0740. The highest BCUT2D eigenvalue weighted by molar-refractivity contribution is 5.80. The van der Waals surface area contributed by atoms with Crippen LogP contribution in [0.1, 0.15) is 39.0 Å². The standard InChI is InChI=1S/C10H18N2O/c1-10(4-2-3-5-10)12-7-8(11)6-9(12)13/h8H,2-7,11H2,1H3. The van der Waals surface area contributed by atoms with Crippen LogP contribution >= 0.6 is 0 Å². The fraction of sp³-hybridized carbons (Fsp3) is 0.900. The summed E-state index contributed by atoms with van der Waals surface area (Å²) in [6.45, 7) is 2.98. The van der Waals surface area contributed by atoms with Crippen LogP contribution in [-0.4, -0.2) is 28.9 Å². The second kappa shape index (κ2) is 2.98. The van der Waals surface area contributed by atoms with Crippen LogP contribution in [0.5, 0.6) is 0 Å². The minimum absolute atomic E-state index is 0.0740. The van der Waals surface area contributed by atoms with Gasteiger partial charge in [0.15, 0.2) is 0 Å². The Morgan fingerprint density at radius 1 is 1.46 bits per heavy atom. The molecule has 0 aromatic carbocycles. The van der Waals surface area contributed by atoms with Crippen LogP contribution < -0.4 is 5.73 Å². The number of amides is 1. The topological polar surface area (TPSA) is 46.3 Å². The van der Waals surface area contributed by atoms with Crippen molar-refractivity contribution < 1.29 is 4.79 Å². The van der Waals surface area contributed by atoms with Gasteiger partial charge in [-0.3, -0.25) is 4.79 Å². The van der Waals surface area contributed by atoms with Crippen molar-refractivity contribution in [2.45, 2.75) is 50.6 Å². The number of hydrogen-bond acceptors (Lipinski definition) is 2. The molecule has 2 aliphatic rings. The van der Waals surface area contributed by atoms with Crippen LogP contribution in [0.3, 0.4) is 0 Å². The molecule has 1 amide bonds. The molecule has 0 aromatic rings. The summed E-state index contributed by atoms with van der Waals surface area (Å²) >= 11 is 0. The number of nitrogens with two attached hydrogens (primary N) is 1. The molecule has 0 radical (unpaired) electrons. The van der Waals surface area contributed by atoms with Gasteiger partial charge in [-0.15, -0.1) is 0 Å². The number of nitrogens with zero attached hydrogens (tertiary/aromatic N) is 1. The Morgan fingerprint density at radius 3 is 2.54 bits per heavy atom. The smallest absolute Gasteiger partial charge is 0.224 e. The fourth-order valence-electron chi connectivity index (χ4n) is 2.66. The lowest BCUT2D eigenvalue weighted by molar-refractivity contribution is -0.132. The van der Waals surface area contributed by atoms with Crippen molar-refractivity contribution in [3.05, 3.63) is 0 Å². The number of carbonyl (C=O) groups excluding carboxylic acids is 1. The number of carbonyl (C=O) groups is 1. The maximum atomic E-state index is 11.6. The third-order valence-electron chi connectivity index (χ3n) is 3.49. The van der Waals surface area contributed by atoms with Gasteiger partial charge in [-0.2, -0.15) is 0 Å². The molecule has 0 bridgehead atoms. The van der Waals surface area contributed by atoms with Crippen LogP contribution in [0.25, 0.3) is 0 Å². The SMILES string of the molecule is CC1(N2CC(N)CC2=O)CCCC1. The van der Waals surface area contributed by atoms with Crippen molar-refractivity contribution in [1.29, 1.82) is 0 Å². The zero-order chi connectivity index (χ0) is 9.47. The lowest BCUT2D eigenvalue weighted by atomic mass is 9.98. The zero-order valence-electron chi connectivity index (χ0n) is 8.25.